The van der Waals surface area contributed by atoms with Gasteiger partial charge in [-0.05, 0) is 29.7 Å². The van der Waals surface area contributed by atoms with Gasteiger partial charge in [0.15, 0.2) is 11.5 Å². The van der Waals surface area contributed by atoms with Gasteiger partial charge in [0.25, 0.3) is 0 Å². The van der Waals surface area contributed by atoms with E-state index < -0.39 is 6.04 Å². The highest BCUT2D eigenvalue weighted by atomic mass is 35.5. The van der Waals surface area contributed by atoms with E-state index in [1.807, 2.05) is 48.5 Å². The van der Waals surface area contributed by atoms with E-state index in [0.717, 1.165) is 11.1 Å². The molecule has 0 aliphatic rings. The summed E-state index contributed by atoms with van der Waals surface area (Å²) in [7, 11) is 3.16. The van der Waals surface area contributed by atoms with Crippen molar-refractivity contribution in [3.63, 3.8) is 0 Å². The van der Waals surface area contributed by atoms with Crippen molar-refractivity contribution in [3.8, 4) is 11.5 Å². The first-order valence-corrected chi connectivity index (χ1v) is 9.48. The maximum atomic E-state index is 12.6. The van der Waals surface area contributed by atoms with Crippen LogP contribution < -0.4 is 20.1 Å². The summed E-state index contributed by atoms with van der Waals surface area (Å²) in [4.78, 5) is 24.3. The molecule has 0 bridgehead atoms. The quantitative estimate of drug-likeness (QED) is 0.596. The first kappa shape index (κ1) is 21.6. The number of ether oxygens (including phenoxy) is 2. The fourth-order valence-corrected chi connectivity index (χ4v) is 2.86. The monoisotopic (exact) mass is 404 g/mol. The minimum atomic E-state index is -0.681. The lowest BCUT2D eigenvalue weighted by atomic mass is 10.0. The molecular weight excluding hydrogens is 380 g/mol. The molecule has 0 fully saturated rings. The van der Waals surface area contributed by atoms with Gasteiger partial charge in [-0.3, -0.25) is 9.59 Å². The fraction of sp³-hybridized carbons (Fsp3) is 0.333. The molecule has 0 aromatic heterocycles. The zero-order valence-electron chi connectivity index (χ0n) is 16.0. The predicted molar refractivity (Wildman–Crippen MR) is 109 cm³/mol. The Morgan fingerprint density at radius 2 is 1.71 bits per heavy atom. The van der Waals surface area contributed by atoms with Crippen molar-refractivity contribution in [2.45, 2.75) is 18.9 Å². The van der Waals surface area contributed by atoms with Crippen LogP contribution in [-0.2, 0) is 22.4 Å². The summed E-state index contributed by atoms with van der Waals surface area (Å²) in [5.74, 6) is 0.481. The second-order valence-electron chi connectivity index (χ2n) is 6.17. The van der Waals surface area contributed by atoms with Crippen molar-refractivity contribution in [2.24, 2.45) is 0 Å². The summed E-state index contributed by atoms with van der Waals surface area (Å²) < 4.78 is 10.5. The van der Waals surface area contributed by atoms with Crippen molar-refractivity contribution in [1.29, 1.82) is 0 Å². The normalized spacial score (nSPS) is 11.4. The van der Waals surface area contributed by atoms with E-state index in [-0.39, 0.29) is 17.7 Å². The van der Waals surface area contributed by atoms with Gasteiger partial charge < -0.3 is 20.1 Å². The average Bonchev–Trinajstić information content (AvgIpc) is 2.73. The van der Waals surface area contributed by atoms with E-state index in [0.29, 0.717) is 30.9 Å². The maximum Gasteiger partial charge on any atom is 0.242 e. The summed E-state index contributed by atoms with van der Waals surface area (Å²) in [5.41, 5.74) is 1.96. The average molecular weight is 405 g/mol. The molecule has 0 radical (unpaired) electrons. The van der Waals surface area contributed by atoms with Crippen LogP contribution in [0.25, 0.3) is 0 Å². The Balaban J connectivity index is 1.96. The van der Waals surface area contributed by atoms with Crippen LogP contribution in [0.3, 0.4) is 0 Å². The van der Waals surface area contributed by atoms with Crippen LogP contribution in [0.5, 0.6) is 11.5 Å². The molecule has 0 heterocycles. The number of alkyl halides is 1. The summed E-state index contributed by atoms with van der Waals surface area (Å²) in [6.45, 7) is 0.427. The number of amides is 2. The van der Waals surface area contributed by atoms with Crippen LogP contribution in [0.4, 0.5) is 0 Å². The van der Waals surface area contributed by atoms with Crippen LogP contribution in [-0.4, -0.2) is 44.5 Å². The molecule has 150 valence electrons. The number of halogens is 1. The molecular formula is C21H25ClN2O4. The van der Waals surface area contributed by atoms with Crippen LogP contribution >= 0.6 is 11.6 Å². The topological polar surface area (TPSA) is 76.7 Å². The smallest absolute Gasteiger partial charge is 0.242 e. The Labute approximate surface area is 170 Å². The minimum Gasteiger partial charge on any atom is -0.493 e. The Hall–Kier alpha value is -2.73. The molecule has 2 amide bonds. The summed E-state index contributed by atoms with van der Waals surface area (Å²) in [6.07, 6.45) is 1.01. The van der Waals surface area contributed by atoms with Gasteiger partial charge in [0.1, 0.15) is 11.9 Å². The van der Waals surface area contributed by atoms with Crippen LogP contribution in [0.1, 0.15) is 11.1 Å². The largest absolute Gasteiger partial charge is 0.493 e. The number of carbonyl (C=O) groups is 2. The van der Waals surface area contributed by atoms with Crippen molar-refractivity contribution in [2.75, 3.05) is 26.6 Å². The van der Waals surface area contributed by atoms with Gasteiger partial charge in [-0.2, -0.15) is 0 Å². The number of rotatable bonds is 10. The lowest BCUT2D eigenvalue weighted by Crippen LogP contribution is -2.48. The molecule has 2 rings (SSSR count). The number of hydrogen-bond acceptors (Lipinski definition) is 4. The molecule has 1 unspecified atom stereocenters. The molecule has 2 N–H and O–H groups in total. The molecule has 0 aliphatic heterocycles. The third-order valence-electron chi connectivity index (χ3n) is 4.22. The van der Waals surface area contributed by atoms with Gasteiger partial charge in [0.2, 0.25) is 11.8 Å². The van der Waals surface area contributed by atoms with E-state index in [2.05, 4.69) is 10.6 Å². The number of methoxy groups -OCH3 is 2. The van der Waals surface area contributed by atoms with E-state index in [1.165, 1.54) is 0 Å². The van der Waals surface area contributed by atoms with Crippen molar-refractivity contribution >= 4 is 23.4 Å². The van der Waals surface area contributed by atoms with E-state index in [9.17, 15) is 9.59 Å². The third kappa shape index (κ3) is 6.46. The van der Waals surface area contributed by atoms with Crippen LogP contribution in [0.2, 0.25) is 0 Å². The molecule has 2 aromatic carbocycles. The van der Waals surface area contributed by atoms with E-state index in [4.69, 9.17) is 21.1 Å². The van der Waals surface area contributed by atoms with Crippen LogP contribution in [0, 0.1) is 0 Å². The SMILES string of the molecule is COc1ccc(CCNC(=O)C(Cc2ccccc2)NC(=O)CCl)cc1OC. The van der Waals surface area contributed by atoms with E-state index in [1.54, 1.807) is 14.2 Å². The molecule has 7 heteroatoms. The summed E-state index contributed by atoms with van der Waals surface area (Å²) in [6, 6.07) is 14.5. The highest BCUT2D eigenvalue weighted by molar-refractivity contribution is 6.27. The molecule has 0 aliphatic carbocycles. The standard InChI is InChI=1S/C21H25ClN2O4/c1-27-18-9-8-16(13-19(18)28-2)10-11-23-21(26)17(24-20(25)14-22)12-15-6-4-3-5-7-15/h3-9,13,17H,10-12,14H2,1-2H3,(H,23,26)(H,24,25). The summed E-state index contributed by atoms with van der Waals surface area (Å²) in [5, 5.41) is 5.56. The number of carbonyl (C=O) groups excluding carboxylic acids is 2. The van der Waals surface area contributed by atoms with Crippen molar-refractivity contribution < 1.29 is 19.1 Å². The Bertz CT molecular complexity index is 783. The van der Waals surface area contributed by atoms with Gasteiger partial charge in [-0.15, -0.1) is 11.6 Å². The predicted octanol–water partition coefficient (Wildman–Crippen LogP) is 2.33. The molecule has 6 nitrogen and oxygen atoms in total. The van der Waals surface area contributed by atoms with Gasteiger partial charge >= 0.3 is 0 Å². The Morgan fingerprint density at radius 3 is 2.36 bits per heavy atom. The third-order valence-corrected chi connectivity index (χ3v) is 4.46. The molecule has 0 saturated heterocycles. The zero-order valence-corrected chi connectivity index (χ0v) is 16.8. The highest BCUT2D eigenvalue weighted by Gasteiger charge is 2.20. The first-order valence-electron chi connectivity index (χ1n) is 8.95. The molecule has 0 spiro atoms. The first-order chi connectivity index (χ1) is 13.6. The molecule has 1 atom stereocenters. The van der Waals surface area contributed by atoms with Crippen LogP contribution in [0.15, 0.2) is 48.5 Å². The minimum absolute atomic E-state index is 0.190. The molecule has 28 heavy (non-hydrogen) atoms. The lowest BCUT2D eigenvalue weighted by molar-refractivity contribution is -0.127. The summed E-state index contributed by atoms with van der Waals surface area (Å²) >= 11 is 5.58. The maximum absolute atomic E-state index is 12.6. The second kappa shape index (κ2) is 11.2. The Morgan fingerprint density at radius 1 is 1.00 bits per heavy atom. The van der Waals surface area contributed by atoms with Gasteiger partial charge in [0, 0.05) is 13.0 Å². The second-order valence-corrected chi connectivity index (χ2v) is 6.44. The lowest BCUT2D eigenvalue weighted by Gasteiger charge is -2.18. The number of hydrogen-bond donors (Lipinski definition) is 2. The molecule has 2 aromatic rings. The van der Waals surface area contributed by atoms with Gasteiger partial charge in [0.05, 0.1) is 14.2 Å². The zero-order chi connectivity index (χ0) is 20.4. The van der Waals surface area contributed by atoms with Crippen molar-refractivity contribution in [1.82, 2.24) is 10.6 Å². The fourth-order valence-electron chi connectivity index (χ4n) is 2.78. The highest BCUT2D eigenvalue weighted by Crippen LogP contribution is 2.27. The van der Waals surface area contributed by atoms with E-state index >= 15 is 0 Å². The van der Waals surface area contributed by atoms with Gasteiger partial charge in [-0.25, -0.2) is 0 Å². The molecule has 0 saturated carbocycles. The van der Waals surface area contributed by atoms with Crippen molar-refractivity contribution in [3.05, 3.63) is 59.7 Å². The Kier molecular flexibility index (Phi) is 8.62. The van der Waals surface area contributed by atoms with Gasteiger partial charge in [-0.1, -0.05) is 36.4 Å². The number of benzene rings is 2. The number of nitrogens with one attached hydrogen (secondary N) is 2.